The number of nitrogens with zero attached hydrogens (tertiary/aromatic N) is 2. The molecule has 7 nitrogen and oxygen atoms in total. The molecule has 1 atom stereocenters. The fraction of sp³-hybridized carbons (Fsp3) is 0.273. The molecule has 0 bridgehead atoms. The number of hydrogen-bond donors (Lipinski definition) is 2. The normalized spacial score (nSPS) is 15.9. The highest BCUT2D eigenvalue weighted by atomic mass is 16.5. The minimum absolute atomic E-state index is 0.0690. The Balaban J connectivity index is 1.37. The maximum Gasteiger partial charge on any atom is 0.251 e. The van der Waals surface area contributed by atoms with Crippen molar-refractivity contribution in [2.24, 2.45) is 0 Å². The molecule has 4 rings (SSSR count). The fourth-order valence-corrected chi connectivity index (χ4v) is 3.49. The first kappa shape index (κ1) is 18.9. The maximum atomic E-state index is 12.5. The molecule has 1 saturated heterocycles. The molecule has 2 N–H and O–H groups in total. The number of carbonyl (C=O) groups excluding carboxylic acids is 1. The number of benzene rings is 2. The van der Waals surface area contributed by atoms with Crippen LogP contribution in [0, 0.1) is 0 Å². The molecule has 2 heterocycles. The number of methoxy groups -OCH3 is 2. The molecular formula is C22H24N4O3. The number of hydrogen-bond acceptors (Lipinski definition) is 5. The summed E-state index contributed by atoms with van der Waals surface area (Å²) in [7, 11) is 3.26. The minimum atomic E-state index is -0.0690. The van der Waals surface area contributed by atoms with Crippen LogP contribution in [-0.2, 0) is 0 Å². The first-order valence-corrected chi connectivity index (χ1v) is 9.56. The van der Waals surface area contributed by atoms with Gasteiger partial charge in [-0.25, -0.2) is 0 Å². The molecule has 1 aromatic heterocycles. The van der Waals surface area contributed by atoms with E-state index >= 15 is 0 Å². The third-order valence-electron chi connectivity index (χ3n) is 5.17. The van der Waals surface area contributed by atoms with Crippen LogP contribution in [0.1, 0.15) is 16.8 Å². The van der Waals surface area contributed by atoms with E-state index in [1.54, 1.807) is 38.5 Å². The molecule has 0 saturated carbocycles. The van der Waals surface area contributed by atoms with Gasteiger partial charge in [0.05, 0.1) is 19.9 Å². The first-order chi connectivity index (χ1) is 14.2. The zero-order valence-electron chi connectivity index (χ0n) is 16.5. The smallest absolute Gasteiger partial charge is 0.251 e. The van der Waals surface area contributed by atoms with Crippen molar-refractivity contribution in [3.63, 3.8) is 0 Å². The van der Waals surface area contributed by atoms with Crippen LogP contribution in [0.5, 0.6) is 11.5 Å². The van der Waals surface area contributed by atoms with Crippen molar-refractivity contribution in [3.05, 3.63) is 60.2 Å². The lowest BCUT2D eigenvalue weighted by atomic mass is 10.1. The molecule has 3 aromatic rings. The Hall–Kier alpha value is -3.48. The molecule has 0 radical (unpaired) electrons. The molecule has 2 aromatic carbocycles. The Morgan fingerprint density at radius 3 is 2.38 bits per heavy atom. The van der Waals surface area contributed by atoms with E-state index in [9.17, 15) is 4.79 Å². The summed E-state index contributed by atoms with van der Waals surface area (Å²) in [6.45, 7) is 1.58. The van der Waals surface area contributed by atoms with Gasteiger partial charge < -0.3 is 19.7 Å². The highest BCUT2D eigenvalue weighted by Gasteiger charge is 2.26. The summed E-state index contributed by atoms with van der Waals surface area (Å²) in [5.41, 5.74) is 2.63. The number of nitrogens with one attached hydrogen (secondary N) is 2. The van der Waals surface area contributed by atoms with Gasteiger partial charge in [-0.1, -0.05) is 0 Å². The molecule has 0 spiro atoms. The average Bonchev–Trinajstić information content (AvgIpc) is 3.43. The lowest BCUT2D eigenvalue weighted by Gasteiger charge is -2.16. The van der Waals surface area contributed by atoms with Crippen LogP contribution in [0.2, 0.25) is 0 Å². The van der Waals surface area contributed by atoms with Gasteiger partial charge in [-0.2, -0.15) is 5.10 Å². The molecule has 29 heavy (non-hydrogen) atoms. The van der Waals surface area contributed by atoms with E-state index in [1.165, 1.54) is 0 Å². The number of amides is 1. The van der Waals surface area contributed by atoms with Crippen molar-refractivity contribution < 1.29 is 14.3 Å². The SMILES string of the molecule is COc1ccc(C(=O)NC2CCN(c3cc(-c4ccc(OC)cc4)[nH]n3)C2)cc1. The lowest BCUT2D eigenvalue weighted by molar-refractivity contribution is 0.0940. The highest BCUT2D eigenvalue weighted by molar-refractivity contribution is 5.94. The van der Waals surface area contributed by atoms with Crippen LogP contribution in [-0.4, -0.2) is 49.5 Å². The maximum absolute atomic E-state index is 12.5. The van der Waals surface area contributed by atoms with Gasteiger partial charge in [0, 0.05) is 30.8 Å². The second-order valence-corrected chi connectivity index (χ2v) is 7.00. The van der Waals surface area contributed by atoms with E-state index < -0.39 is 0 Å². The van der Waals surface area contributed by atoms with Crippen LogP contribution in [0.25, 0.3) is 11.3 Å². The van der Waals surface area contributed by atoms with Crippen molar-refractivity contribution in [2.45, 2.75) is 12.5 Å². The standard InChI is InChI=1S/C22H24N4O3/c1-28-18-7-3-15(4-8-18)20-13-21(25-24-20)26-12-11-17(14-26)23-22(27)16-5-9-19(29-2)10-6-16/h3-10,13,17H,11-12,14H2,1-2H3,(H,23,27)(H,24,25). The van der Waals surface area contributed by atoms with Gasteiger partial charge in [-0.3, -0.25) is 9.89 Å². The number of rotatable bonds is 6. The number of carbonyl (C=O) groups is 1. The van der Waals surface area contributed by atoms with Crippen LogP contribution < -0.4 is 19.7 Å². The summed E-state index contributed by atoms with van der Waals surface area (Å²) in [5.74, 6) is 2.38. The van der Waals surface area contributed by atoms with E-state index in [1.807, 2.05) is 30.3 Å². The molecule has 7 heteroatoms. The minimum Gasteiger partial charge on any atom is -0.497 e. The summed E-state index contributed by atoms with van der Waals surface area (Å²) >= 11 is 0. The molecule has 1 unspecified atom stereocenters. The Kier molecular flexibility index (Phi) is 5.37. The number of aromatic nitrogens is 2. The van der Waals surface area contributed by atoms with Crippen LogP contribution in [0.3, 0.4) is 0 Å². The van der Waals surface area contributed by atoms with E-state index in [2.05, 4.69) is 20.4 Å². The third kappa shape index (κ3) is 4.18. The molecule has 1 aliphatic rings. The topological polar surface area (TPSA) is 79.5 Å². The summed E-state index contributed by atoms with van der Waals surface area (Å²) in [6.07, 6.45) is 0.882. The Morgan fingerprint density at radius 2 is 1.72 bits per heavy atom. The largest absolute Gasteiger partial charge is 0.497 e. The highest BCUT2D eigenvalue weighted by Crippen LogP contribution is 2.26. The quantitative estimate of drug-likeness (QED) is 0.674. The van der Waals surface area contributed by atoms with E-state index in [4.69, 9.17) is 9.47 Å². The Labute approximate surface area is 169 Å². The third-order valence-corrected chi connectivity index (χ3v) is 5.17. The van der Waals surface area contributed by atoms with E-state index in [0.717, 1.165) is 48.1 Å². The van der Waals surface area contributed by atoms with Crippen LogP contribution in [0.15, 0.2) is 54.6 Å². The Bertz CT molecular complexity index is 966. The number of ether oxygens (including phenoxy) is 2. The summed E-state index contributed by atoms with van der Waals surface area (Å²) in [4.78, 5) is 14.7. The zero-order chi connectivity index (χ0) is 20.2. The predicted molar refractivity (Wildman–Crippen MR) is 112 cm³/mol. The predicted octanol–water partition coefficient (Wildman–Crippen LogP) is 3.10. The van der Waals surface area contributed by atoms with Crippen molar-refractivity contribution in [1.82, 2.24) is 15.5 Å². The van der Waals surface area contributed by atoms with Crippen LogP contribution >= 0.6 is 0 Å². The van der Waals surface area contributed by atoms with Gasteiger partial charge in [0.15, 0.2) is 5.82 Å². The lowest BCUT2D eigenvalue weighted by Crippen LogP contribution is -2.37. The van der Waals surface area contributed by atoms with Crippen molar-refractivity contribution in [1.29, 1.82) is 0 Å². The van der Waals surface area contributed by atoms with Gasteiger partial charge >= 0.3 is 0 Å². The average molecular weight is 392 g/mol. The van der Waals surface area contributed by atoms with Gasteiger partial charge in [0.2, 0.25) is 0 Å². The molecule has 1 amide bonds. The summed E-state index contributed by atoms with van der Waals surface area (Å²) < 4.78 is 10.3. The fourth-order valence-electron chi connectivity index (χ4n) is 3.49. The van der Waals surface area contributed by atoms with Gasteiger partial charge in [0.1, 0.15) is 11.5 Å². The number of anilines is 1. The van der Waals surface area contributed by atoms with E-state index in [-0.39, 0.29) is 11.9 Å². The summed E-state index contributed by atoms with van der Waals surface area (Å²) in [6, 6.07) is 17.1. The number of aromatic amines is 1. The second kappa shape index (κ2) is 8.26. The van der Waals surface area contributed by atoms with Crippen molar-refractivity contribution >= 4 is 11.7 Å². The Morgan fingerprint density at radius 1 is 1.07 bits per heavy atom. The molecular weight excluding hydrogens is 368 g/mol. The van der Waals surface area contributed by atoms with Crippen molar-refractivity contribution in [3.8, 4) is 22.8 Å². The van der Waals surface area contributed by atoms with Gasteiger partial charge in [-0.05, 0) is 60.5 Å². The molecule has 0 aliphatic carbocycles. The first-order valence-electron chi connectivity index (χ1n) is 9.56. The van der Waals surface area contributed by atoms with Crippen molar-refractivity contribution in [2.75, 3.05) is 32.2 Å². The van der Waals surface area contributed by atoms with Crippen LogP contribution in [0.4, 0.5) is 5.82 Å². The molecule has 1 aliphatic heterocycles. The monoisotopic (exact) mass is 392 g/mol. The zero-order valence-corrected chi connectivity index (χ0v) is 16.5. The number of H-pyrrole nitrogens is 1. The second-order valence-electron chi connectivity index (χ2n) is 7.00. The molecule has 150 valence electrons. The summed E-state index contributed by atoms with van der Waals surface area (Å²) in [5, 5.41) is 10.7. The molecule has 1 fully saturated rings. The van der Waals surface area contributed by atoms with Gasteiger partial charge in [-0.15, -0.1) is 0 Å². The van der Waals surface area contributed by atoms with Gasteiger partial charge in [0.25, 0.3) is 5.91 Å². The van der Waals surface area contributed by atoms with E-state index in [0.29, 0.717) is 5.56 Å².